The number of aryl methyl sites for hydroxylation is 1. The van der Waals surface area contributed by atoms with Gasteiger partial charge in [-0.25, -0.2) is 15.0 Å². The van der Waals surface area contributed by atoms with Gasteiger partial charge in [0.05, 0.1) is 33.8 Å². The predicted molar refractivity (Wildman–Crippen MR) is 255 cm³/mol. The molecular formula is C56H43N5O. The molecule has 0 N–H and O–H groups in total. The number of aromatic nitrogens is 4. The van der Waals surface area contributed by atoms with Crippen LogP contribution in [-0.4, -0.2) is 19.5 Å². The first kappa shape index (κ1) is 37.2. The summed E-state index contributed by atoms with van der Waals surface area (Å²) in [6.45, 7) is 13.7. The van der Waals surface area contributed by atoms with E-state index >= 15 is 0 Å². The third-order valence-corrected chi connectivity index (χ3v) is 12.4. The van der Waals surface area contributed by atoms with Gasteiger partial charge >= 0.3 is 0 Å². The lowest BCUT2D eigenvalue weighted by Gasteiger charge is -2.44. The number of para-hydroxylation sites is 5. The van der Waals surface area contributed by atoms with Crippen molar-refractivity contribution in [3.05, 3.63) is 210 Å². The van der Waals surface area contributed by atoms with E-state index in [2.05, 4.69) is 153 Å². The van der Waals surface area contributed by atoms with Crippen molar-refractivity contribution in [3.8, 4) is 39.9 Å². The number of rotatable bonds is 7. The number of furan rings is 1. The Kier molecular flexibility index (Phi) is 8.65. The SMILES string of the molecule is C=C(C)C1=C(c2c(C)c3ccccc3n2-c2cccc3c2oc2c(-c4nc(-c5ccccc5)nc(-c5ccccc5)n4)cccc23)N(c2ccccc2)c2ccccc2C1(C)C. The zero-order valence-corrected chi connectivity index (χ0v) is 35.1. The summed E-state index contributed by atoms with van der Waals surface area (Å²) < 4.78 is 9.64. The van der Waals surface area contributed by atoms with E-state index in [9.17, 15) is 0 Å². The van der Waals surface area contributed by atoms with E-state index in [-0.39, 0.29) is 5.41 Å². The second-order valence-corrected chi connectivity index (χ2v) is 16.6. The number of nitrogens with zero attached hydrogens (tertiary/aromatic N) is 5. The molecule has 1 aliphatic rings. The molecule has 4 heterocycles. The smallest absolute Gasteiger partial charge is 0.167 e. The standard InChI is InChI=1S/C56H43N5O/c1-35(2)48-50(60(39-25-13-8-14-26-39)46-33-18-16-31-44(46)56(48,4)5)49-36(3)40-27-15-17-32-45(40)61(49)47-34-20-29-42-41-28-19-30-43(51(41)62-52(42)47)55-58-53(37-21-9-6-10-22-37)57-54(59-55)38-23-11-7-12-24-38/h6-34H,1H2,2-5H3. The van der Waals surface area contributed by atoms with Gasteiger partial charge in [0.1, 0.15) is 5.58 Å². The molecular weight excluding hydrogens is 759 g/mol. The fourth-order valence-electron chi connectivity index (χ4n) is 9.69. The molecule has 3 aromatic heterocycles. The van der Waals surface area contributed by atoms with E-state index in [1.807, 2.05) is 66.7 Å². The molecule has 0 saturated heterocycles. The molecule has 0 amide bonds. The Balaban J connectivity index is 1.20. The van der Waals surface area contributed by atoms with Crippen molar-refractivity contribution in [1.29, 1.82) is 0 Å². The number of benzene rings is 7. The Morgan fingerprint density at radius 2 is 1.08 bits per heavy atom. The first-order valence-electron chi connectivity index (χ1n) is 21.1. The predicted octanol–water partition coefficient (Wildman–Crippen LogP) is 14.4. The lowest BCUT2D eigenvalue weighted by atomic mass is 9.70. The molecule has 0 fully saturated rings. The number of anilines is 2. The van der Waals surface area contributed by atoms with Crippen molar-refractivity contribution >= 4 is 49.9 Å². The van der Waals surface area contributed by atoms with Gasteiger partial charge in [-0.15, -0.1) is 0 Å². The van der Waals surface area contributed by atoms with Crippen LogP contribution in [0.2, 0.25) is 0 Å². The minimum atomic E-state index is -0.362. The Morgan fingerprint density at radius 3 is 1.76 bits per heavy atom. The second kappa shape index (κ2) is 14.4. The highest BCUT2D eigenvalue weighted by Crippen LogP contribution is 2.54. The van der Waals surface area contributed by atoms with Crippen LogP contribution < -0.4 is 4.90 Å². The first-order valence-corrected chi connectivity index (χ1v) is 21.1. The van der Waals surface area contributed by atoms with Gasteiger partial charge in [0, 0.05) is 38.4 Å². The summed E-state index contributed by atoms with van der Waals surface area (Å²) in [7, 11) is 0. The Bertz CT molecular complexity index is 3360. The van der Waals surface area contributed by atoms with Crippen LogP contribution in [0.4, 0.5) is 11.4 Å². The zero-order chi connectivity index (χ0) is 42.1. The van der Waals surface area contributed by atoms with E-state index in [1.165, 1.54) is 22.1 Å². The summed E-state index contributed by atoms with van der Waals surface area (Å²) in [5.41, 5.74) is 14.8. The van der Waals surface area contributed by atoms with Crippen LogP contribution in [0, 0.1) is 6.92 Å². The molecule has 10 aromatic rings. The molecule has 0 atom stereocenters. The van der Waals surface area contributed by atoms with Gasteiger partial charge in [-0.1, -0.05) is 166 Å². The van der Waals surface area contributed by atoms with Crippen molar-refractivity contribution in [1.82, 2.24) is 19.5 Å². The molecule has 1 aliphatic heterocycles. The molecule has 0 aliphatic carbocycles. The van der Waals surface area contributed by atoms with Crippen molar-refractivity contribution in [2.45, 2.75) is 33.1 Å². The van der Waals surface area contributed by atoms with Crippen molar-refractivity contribution in [2.75, 3.05) is 4.90 Å². The van der Waals surface area contributed by atoms with Crippen LogP contribution in [0.3, 0.4) is 0 Å². The largest absolute Gasteiger partial charge is 0.453 e. The average molecular weight is 802 g/mol. The lowest BCUT2D eigenvalue weighted by Crippen LogP contribution is -2.35. The molecule has 6 heteroatoms. The molecule has 62 heavy (non-hydrogen) atoms. The summed E-state index contributed by atoms with van der Waals surface area (Å²) in [4.78, 5) is 17.6. The quantitative estimate of drug-likeness (QED) is 0.161. The number of hydrogen-bond donors (Lipinski definition) is 0. The van der Waals surface area contributed by atoms with E-state index < -0.39 is 0 Å². The zero-order valence-electron chi connectivity index (χ0n) is 35.1. The average Bonchev–Trinajstić information content (AvgIpc) is 3.84. The van der Waals surface area contributed by atoms with Gasteiger partial charge in [-0.2, -0.15) is 0 Å². The Labute approximate surface area is 360 Å². The molecule has 11 rings (SSSR count). The lowest BCUT2D eigenvalue weighted by molar-refractivity contribution is 0.623. The fraction of sp³-hybridized carbons (Fsp3) is 0.0893. The molecule has 6 nitrogen and oxygen atoms in total. The minimum Gasteiger partial charge on any atom is -0.453 e. The van der Waals surface area contributed by atoms with Crippen LogP contribution in [0.5, 0.6) is 0 Å². The summed E-state index contributed by atoms with van der Waals surface area (Å²) in [6, 6.07) is 61.0. The van der Waals surface area contributed by atoms with Crippen molar-refractivity contribution in [2.24, 2.45) is 0 Å². The van der Waals surface area contributed by atoms with E-state index in [0.29, 0.717) is 17.5 Å². The van der Waals surface area contributed by atoms with Gasteiger partial charge in [0.15, 0.2) is 23.1 Å². The second-order valence-electron chi connectivity index (χ2n) is 16.6. The molecule has 0 radical (unpaired) electrons. The number of hydrogen-bond acceptors (Lipinski definition) is 5. The minimum absolute atomic E-state index is 0.362. The number of fused-ring (bicyclic) bond motifs is 5. The fourth-order valence-corrected chi connectivity index (χ4v) is 9.69. The summed E-state index contributed by atoms with van der Waals surface area (Å²) in [5, 5.41) is 3.16. The monoisotopic (exact) mass is 801 g/mol. The van der Waals surface area contributed by atoms with Crippen molar-refractivity contribution < 1.29 is 4.42 Å². The molecule has 0 spiro atoms. The molecule has 0 saturated carbocycles. The van der Waals surface area contributed by atoms with E-state index in [4.69, 9.17) is 19.4 Å². The van der Waals surface area contributed by atoms with Gasteiger partial charge in [-0.05, 0) is 66.9 Å². The van der Waals surface area contributed by atoms with Gasteiger partial charge in [-0.3, -0.25) is 0 Å². The normalized spacial score (nSPS) is 13.6. The highest BCUT2D eigenvalue weighted by molar-refractivity contribution is 6.12. The third kappa shape index (κ3) is 5.75. The molecule has 7 aromatic carbocycles. The highest BCUT2D eigenvalue weighted by atomic mass is 16.3. The van der Waals surface area contributed by atoms with Crippen LogP contribution in [0.25, 0.3) is 78.4 Å². The maximum Gasteiger partial charge on any atom is 0.167 e. The topological polar surface area (TPSA) is 60.0 Å². The maximum absolute atomic E-state index is 7.23. The van der Waals surface area contributed by atoms with Gasteiger partial charge < -0.3 is 13.9 Å². The van der Waals surface area contributed by atoms with Crippen LogP contribution >= 0.6 is 0 Å². The number of allylic oxidation sites excluding steroid dienone is 2. The molecule has 0 unspecified atom stereocenters. The van der Waals surface area contributed by atoms with E-state index in [1.54, 1.807) is 0 Å². The Hall–Kier alpha value is -7.83. The molecule has 0 bridgehead atoms. The summed E-state index contributed by atoms with van der Waals surface area (Å²) in [6.07, 6.45) is 0. The van der Waals surface area contributed by atoms with Gasteiger partial charge in [0.2, 0.25) is 0 Å². The van der Waals surface area contributed by atoms with Crippen LogP contribution in [0.1, 0.15) is 37.6 Å². The van der Waals surface area contributed by atoms with Crippen LogP contribution in [0.15, 0.2) is 198 Å². The Morgan fingerprint density at radius 1 is 0.548 bits per heavy atom. The van der Waals surface area contributed by atoms with Crippen LogP contribution in [-0.2, 0) is 5.41 Å². The van der Waals surface area contributed by atoms with E-state index in [0.717, 1.165) is 78.2 Å². The molecule has 298 valence electrons. The highest BCUT2D eigenvalue weighted by Gasteiger charge is 2.41. The first-order chi connectivity index (χ1) is 30.3. The summed E-state index contributed by atoms with van der Waals surface area (Å²) in [5.74, 6) is 1.75. The third-order valence-electron chi connectivity index (χ3n) is 12.4. The van der Waals surface area contributed by atoms with Crippen molar-refractivity contribution in [3.63, 3.8) is 0 Å². The maximum atomic E-state index is 7.23. The summed E-state index contributed by atoms with van der Waals surface area (Å²) >= 11 is 0. The van der Waals surface area contributed by atoms with Gasteiger partial charge in [0.25, 0.3) is 0 Å².